The topological polar surface area (TPSA) is 149 Å². The fourth-order valence-corrected chi connectivity index (χ4v) is 6.24. The molecule has 2 aliphatic rings. The van der Waals surface area contributed by atoms with Crippen molar-refractivity contribution in [3.63, 3.8) is 0 Å². The first-order chi connectivity index (χ1) is 22.3. The minimum atomic E-state index is -1.24. The van der Waals surface area contributed by atoms with E-state index in [0.717, 1.165) is 44.5 Å². The van der Waals surface area contributed by atoms with Gasteiger partial charge in [0.1, 0.15) is 25.3 Å². The summed E-state index contributed by atoms with van der Waals surface area (Å²) < 4.78 is 11.0. The lowest BCUT2D eigenvalue weighted by atomic mass is 9.98. The Kier molecular flexibility index (Phi) is 8.69. The predicted molar refractivity (Wildman–Crippen MR) is 172 cm³/mol. The Bertz CT molecular complexity index is 1720. The third-order valence-electron chi connectivity index (χ3n) is 8.53. The minimum absolute atomic E-state index is 0.0855. The van der Waals surface area contributed by atoms with E-state index >= 15 is 0 Å². The van der Waals surface area contributed by atoms with Gasteiger partial charge in [0.15, 0.2) is 0 Å². The molecule has 6 rings (SSSR count). The largest absolute Gasteiger partial charge is 0.449 e. The van der Waals surface area contributed by atoms with E-state index in [1.807, 2.05) is 97.1 Å². The number of carbonyl (C=O) groups excluding carboxylic acids is 4. The highest BCUT2D eigenvalue weighted by molar-refractivity contribution is 5.91. The Balaban J connectivity index is 0.976. The number of hydrogen-bond donors (Lipinski definition) is 4. The molecule has 4 amide bonds. The first-order valence-electron chi connectivity index (χ1n) is 15.1. The van der Waals surface area contributed by atoms with Crippen LogP contribution in [0.2, 0.25) is 0 Å². The molecule has 0 aromatic heterocycles. The molecule has 0 heterocycles. The molecule has 234 valence electrons. The van der Waals surface area contributed by atoms with E-state index in [9.17, 15) is 19.2 Å². The molecule has 0 bridgehead atoms. The summed E-state index contributed by atoms with van der Waals surface area (Å²) in [6.45, 7) is 1.33. The average Bonchev–Trinajstić information content (AvgIpc) is 3.57. The van der Waals surface area contributed by atoms with Gasteiger partial charge in [0.25, 0.3) is 0 Å². The van der Waals surface area contributed by atoms with Crippen molar-refractivity contribution in [2.24, 2.45) is 5.73 Å². The Morgan fingerprint density at radius 3 is 1.43 bits per heavy atom. The standard InChI is InChI=1S/C36H34N4O6/c1-21(39-36(44)46-20-31-28-16-8-4-12-24(28)25-13-5-9-17-29(25)31)34(42)40-32(33(37)41)18-38-35(43)45-19-30-26-14-6-2-10-22(26)23-11-3-7-15-27(23)30/h2-17,21,30-32H,18-20H2,1H3,(H2,37,41)(H,38,43)(H,39,44)(H,40,42)/t21-,32-/m0/s1. The van der Waals surface area contributed by atoms with Gasteiger partial charge < -0.3 is 31.2 Å². The molecule has 46 heavy (non-hydrogen) atoms. The monoisotopic (exact) mass is 618 g/mol. The molecule has 4 aromatic carbocycles. The summed E-state index contributed by atoms with van der Waals surface area (Å²) in [6.07, 6.45) is -1.54. The van der Waals surface area contributed by atoms with Gasteiger partial charge in [0.2, 0.25) is 11.8 Å². The van der Waals surface area contributed by atoms with Crippen LogP contribution < -0.4 is 21.7 Å². The first kappa shape index (κ1) is 30.4. The fourth-order valence-electron chi connectivity index (χ4n) is 6.24. The van der Waals surface area contributed by atoms with Crippen molar-refractivity contribution in [1.82, 2.24) is 16.0 Å². The van der Waals surface area contributed by atoms with E-state index in [0.29, 0.717) is 0 Å². The molecule has 0 unspecified atom stereocenters. The third kappa shape index (κ3) is 6.14. The van der Waals surface area contributed by atoms with Crippen LogP contribution in [-0.2, 0) is 19.1 Å². The zero-order chi connectivity index (χ0) is 32.2. The number of benzene rings is 4. The van der Waals surface area contributed by atoms with E-state index in [1.54, 1.807) is 0 Å². The van der Waals surface area contributed by atoms with Crippen LogP contribution in [0.5, 0.6) is 0 Å². The van der Waals surface area contributed by atoms with Crippen molar-refractivity contribution in [3.8, 4) is 22.3 Å². The van der Waals surface area contributed by atoms with Gasteiger partial charge in [-0.15, -0.1) is 0 Å². The number of fused-ring (bicyclic) bond motifs is 6. The Labute approximate surface area is 266 Å². The van der Waals surface area contributed by atoms with Crippen molar-refractivity contribution in [3.05, 3.63) is 119 Å². The maximum atomic E-state index is 12.8. The summed E-state index contributed by atoms with van der Waals surface area (Å²) in [6, 6.07) is 29.6. The fraction of sp³-hybridized carbons (Fsp3) is 0.222. The van der Waals surface area contributed by atoms with Crippen LogP contribution in [0, 0.1) is 0 Å². The molecule has 0 aliphatic heterocycles. The van der Waals surface area contributed by atoms with Crippen molar-refractivity contribution in [1.29, 1.82) is 0 Å². The molecule has 0 spiro atoms. The van der Waals surface area contributed by atoms with Crippen molar-refractivity contribution < 1.29 is 28.7 Å². The lowest BCUT2D eigenvalue weighted by Gasteiger charge is -2.20. The second kappa shape index (κ2) is 13.2. The minimum Gasteiger partial charge on any atom is -0.449 e. The van der Waals surface area contributed by atoms with Gasteiger partial charge in [-0.25, -0.2) is 9.59 Å². The maximum absolute atomic E-state index is 12.8. The highest BCUT2D eigenvalue weighted by Gasteiger charge is 2.31. The number of hydrogen-bond acceptors (Lipinski definition) is 6. The SMILES string of the molecule is C[C@H](NC(=O)OCC1c2ccccc2-c2ccccc21)C(=O)N[C@@H](CNC(=O)OCC1c2ccccc2-c2ccccc21)C(N)=O. The Hall–Kier alpha value is -5.64. The second-order valence-electron chi connectivity index (χ2n) is 11.4. The number of nitrogens with one attached hydrogen (secondary N) is 3. The Morgan fingerprint density at radius 1 is 0.630 bits per heavy atom. The number of ether oxygens (including phenoxy) is 2. The number of carbonyl (C=O) groups is 4. The van der Waals surface area contributed by atoms with Gasteiger partial charge in [-0.3, -0.25) is 9.59 Å². The van der Waals surface area contributed by atoms with Crippen molar-refractivity contribution in [2.45, 2.75) is 30.8 Å². The van der Waals surface area contributed by atoms with Crippen LogP contribution in [0.4, 0.5) is 9.59 Å². The first-order valence-corrected chi connectivity index (χ1v) is 15.1. The zero-order valence-electron chi connectivity index (χ0n) is 25.2. The summed E-state index contributed by atoms with van der Waals surface area (Å²) in [5.41, 5.74) is 14.2. The van der Waals surface area contributed by atoms with Crippen molar-refractivity contribution in [2.75, 3.05) is 19.8 Å². The molecule has 0 saturated carbocycles. The van der Waals surface area contributed by atoms with Gasteiger partial charge in [-0.2, -0.15) is 0 Å². The molecule has 4 aromatic rings. The molecule has 0 radical (unpaired) electrons. The quantitative estimate of drug-likeness (QED) is 0.207. The zero-order valence-corrected chi connectivity index (χ0v) is 25.2. The molecular formula is C36H34N4O6. The van der Waals surface area contributed by atoms with E-state index < -0.39 is 36.1 Å². The van der Waals surface area contributed by atoms with E-state index in [2.05, 4.69) is 16.0 Å². The molecule has 10 heteroatoms. The molecular weight excluding hydrogens is 584 g/mol. The summed E-state index contributed by atoms with van der Waals surface area (Å²) in [5, 5.41) is 7.46. The normalized spacial score (nSPS) is 14.1. The van der Waals surface area contributed by atoms with Gasteiger partial charge in [-0.1, -0.05) is 97.1 Å². The van der Waals surface area contributed by atoms with Crippen molar-refractivity contribution >= 4 is 24.0 Å². The Morgan fingerprint density at radius 2 is 1.02 bits per heavy atom. The summed E-state index contributed by atoms with van der Waals surface area (Å²) in [5.74, 6) is -1.80. The summed E-state index contributed by atoms with van der Waals surface area (Å²) >= 11 is 0. The van der Waals surface area contributed by atoms with Crippen LogP contribution in [0.3, 0.4) is 0 Å². The van der Waals surface area contributed by atoms with Gasteiger partial charge in [-0.05, 0) is 51.4 Å². The smallest absolute Gasteiger partial charge is 0.407 e. The van der Waals surface area contributed by atoms with E-state index in [1.165, 1.54) is 6.92 Å². The van der Waals surface area contributed by atoms with Crippen LogP contribution in [-0.4, -0.2) is 55.8 Å². The molecule has 10 nitrogen and oxygen atoms in total. The van der Waals surface area contributed by atoms with E-state index in [-0.39, 0.29) is 31.6 Å². The van der Waals surface area contributed by atoms with Crippen LogP contribution in [0.15, 0.2) is 97.1 Å². The third-order valence-corrected chi connectivity index (χ3v) is 8.53. The van der Waals surface area contributed by atoms with Crippen LogP contribution in [0.1, 0.15) is 41.0 Å². The van der Waals surface area contributed by atoms with E-state index in [4.69, 9.17) is 15.2 Å². The molecule has 5 N–H and O–H groups in total. The van der Waals surface area contributed by atoms with Crippen LogP contribution >= 0.6 is 0 Å². The number of rotatable bonds is 10. The van der Waals surface area contributed by atoms with Crippen LogP contribution in [0.25, 0.3) is 22.3 Å². The number of primary amides is 1. The predicted octanol–water partition coefficient (Wildman–Crippen LogP) is 4.42. The number of amides is 4. The van der Waals surface area contributed by atoms with Gasteiger partial charge >= 0.3 is 12.2 Å². The van der Waals surface area contributed by atoms with Gasteiger partial charge in [0.05, 0.1) is 6.54 Å². The lowest BCUT2D eigenvalue weighted by molar-refractivity contribution is -0.128. The molecule has 2 atom stereocenters. The summed E-state index contributed by atoms with van der Waals surface area (Å²) in [7, 11) is 0. The highest BCUT2D eigenvalue weighted by Crippen LogP contribution is 2.45. The second-order valence-corrected chi connectivity index (χ2v) is 11.4. The lowest BCUT2D eigenvalue weighted by Crippen LogP contribution is -2.55. The molecule has 2 aliphatic carbocycles. The molecule has 0 saturated heterocycles. The number of nitrogens with two attached hydrogens (primary N) is 1. The number of alkyl carbamates (subject to hydrolysis) is 2. The highest BCUT2D eigenvalue weighted by atomic mass is 16.6. The maximum Gasteiger partial charge on any atom is 0.407 e. The average molecular weight is 619 g/mol. The molecule has 0 fully saturated rings. The summed E-state index contributed by atoms with van der Waals surface area (Å²) in [4.78, 5) is 50.1. The van der Waals surface area contributed by atoms with Gasteiger partial charge in [0, 0.05) is 11.8 Å².